The first-order valence-electron chi connectivity index (χ1n) is 11.0. The Morgan fingerprint density at radius 2 is 2.06 bits per heavy atom. The van der Waals surface area contributed by atoms with Crippen LogP contribution in [0.25, 0.3) is 33.5 Å². The van der Waals surface area contributed by atoms with Crippen LogP contribution >= 0.6 is 11.6 Å². The van der Waals surface area contributed by atoms with Crippen molar-refractivity contribution in [3.8, 4) is 22.5 Å². The highest BCUT2D eigenvalue weighted by Crippen LogP contribution is 2.34. The Labute approximate surface area is 200 Å². The number of ether oxygens (including phenoxy) is 2. The molecule has 6 rings (SSSR count). The number of nitrogens with one attached hydrogen (secondary N) is 2. The van der Waals surface area contributed by atoms with Gasteiger partial charge in [0, 0.05) is 42.9 Å². The normalized spacial score (nSPS) is 22.3. The van der Waals surface area contributed by atoms with E-state index in [9.17, 15) is 4.39 Å². The predicted molar refractivity (Wildman–Crippen MR) is 127 cm³/mol. The summed E-state index contributed by atoms with van der Waals surface area (Å²) in [6.45, 7) is 2.49. The number of pyridine rings is 2. The van der Waals surface area contributed by atoms with Crippen molar-refractivity contribution in [2.24, 2.45) is 0 Å². The molecule has 3 aromatic heterocycles. The second-order valence-corrected chi connectivity index (χ2v) is 8.86. The Hall–Kier alpha value is -3.11. The molecule has 4 aromatic rings. The van der Waals surface area contributed by atoms with Crippen molar-refractivity contribution >= 4 is 28.3 Å². The zero-order valence-corrected chi connectivity index (χ0v) is 19.1. The maximum absolute atomic E-state index is 14.5. The molecule has 10 heteroatoms. The molecule has 2 aliphatic rings. The summed E-state index contributed by atoms with van der Waals surface area (Å²) in [5.74, 6) is -0.386. The molecule has 0 bridgehead atoms. The van der Waals surface area contributed by atoms with Gasteiger partial charge in [-0.1, -0.05) is 11.6 Å². The summed E-state index contributed by atoms with van der Waals surface area (Å²) >= 11 is 6.10. The van der Waals surface area contributed by atoms with E-state index < -0.39 is 0 Å². The number of hydrogen-bond acceptors (Lipinski definition) is 7. The van der Waals surface area contributed by atoms with E-state index in [0.29, 0.717) is 27.5 Å². The van der Waals surface area contributed by atoms with Crippen molar-refractivity contribution < 1.29 is 13.9 Å². The number of methoxy groups -OCH3 is 1. The van der Waals surface area contributed by atoms with Gasteiger partial charge in [-0.15, -0.1) is 0 Å². The molecule has 34 heavy (non-hydrogen) atoms. The minimum atomic E-state index is -0.386. The van der Waals surface area contributed by atoms with Crippen molar-refractivity contribution in [1.29, 1.82) is 0 Å². The quantitative estimate of drug-likeness (QED) is 0.421. The molecule has 0 saturated carbocycles. The maximum Gasteiger partial charge on any atom is 0.185 e. The zero-order chi connectivity index (χ0) is 23.2. The third kappa shape index (κ3) is 3.90. The molecule has 3 atom stereocenters. The molecule has 2 fully saturated rings. The van der Waals surface area contributed by atoms with E-state index in [1.165, 1.54) is 12.1 Å². The number of anilines is 1. The lowest BCUT2D eigenvalue weighted by atomic mass is 10.0. The monoisotopic (exact) mass is 480 g/mol. The second-order valence-electron chi connectivity index (χ2n) is 8.42. The number of fused-ring (bicyclic) bond motifs is 1. The van der Waals surface area contributed by atoms with Gasteiger partial charge in [-0.05, 0) is 36.4 Å². The SMILES string of the molecule is COC1OC1[C@H]1CN(c2cnc3ccc(-c4cn[nH]c4-c4cc(Cl)ccc4F)nc3c2)CCN1. The number of piperazine rings is 1. The molecule has 2 unspecified atom stereocenters. The van der Waals surface area contributed by atoms with Crippen molar-refractivity contribution in [1.82, 2.24) is 25.5 Å². The Balaban J connectivity index is 1.32. The van der Waals surface area contributed by atoms with Crippen LogP contribution in [-0.4, -0.2) is 65.3 Å². The second kappa shape index (κ2) is 8.59. The highest BCUT2D eigenvalue weighted by Gasteiger charge is 2.46. The van der Waals surface area contributed by atoms with E-state index in [1.54, 1.807) is 19.4 Å². The summed E-state index contributed by atoms with van der Waals surface area (Å²) in [5, 5.41) is 11.0. The third-order valence-corrected chi connectivity index (χ3v) is 6.55. The Morgan fingerprint density at radius 3 is 2.91 bits per heavy atom. The van der Waals surface area contributed by atoms with Crippen LogP contribution in [0.4, 0.5) is 10.1 Å². The van der Waals surface area contributed by atoms with Gasteiger partial charge in [-0.25, -0.2) is 9.37 Å². The highest BCUT2D eigenvalue weighted by molar-refractivity contribution is 6.30. The van der Waals surface area contributed by atoms with Crippen LogP contribution in [0.5, 0.6) is 0 Å². The smallest absolute Gasteiger partial charge is 0.185 e. The molecule has 2 saturated heterocycles. The fraction of sp³-hybridized carbons (Fsp3) is 0.292. The van der Waals surface area contributed by atoms with Gasteiger partial charge in [0.2, 0.25) is 0 Å². The van der Waals surface area contributed by atoms with E-state index in [4.69, 9.17) is 26.1 Å². The number of rotatable bonds is 5. The molecular formula is C24H22ClFN6O2. The van der Waals surface area contributed by atoms with Gasteiger partial charge in [0.25, 0.3) is 0 Å². The fourth-order valence-corrected chi connectivity index (χ4v) is 4.68. The number of nitrogens with zero attached hydrogens (tertiary/aromatic N) is 4. The van der Waals surface area contributed by atoms with Gasteiger partial charge < -0.3 is 19.7 Å². The number of aromatic amines is 1. The summed E-state index contributed by atoms with van der Waals surface area (Å²) in [5.41, 5.74) is 4.75. The van der Waals surface area contributed by atoms with Crippen LogP contribution in [-0.2, 0) is 9.47 Å². The van der Waals surface area contributed by atoms with Crippen LogP contribution in [0.2, 0.25) is 5.02 Å². The molecule has 8 nitrogen and oxygen atoms in total. The van der Waals surface area contributed by atoms with Gasteiger partial charge in [0.05, 0.1) is 46.5 Å². The van der Waals surface area contributed by atoms with Crippen molar-refractivity contribution in [3.63, 3.8) is 0 Å². The van der Waals surface area contributed by atoms with Gasteiger partial charge in [-0.3, -0.25) is 10.1 Å². The Kier molecular flexibility index (Phi) is 5.41. The number of H-pyrrole nitrogens is 1. The molecule has 0 radical (unpaired) electrons. The van der Waals surface area contributed by atoms with Crippen LogP contribution in [0.3, 0.4) is 0 Å². The third-order valence-electron chi connectivity index (χ3n) is 6.32. The largest absolute Gasteiger partial charge is 0.367 e. The minimum Gasteiger partial charge on any atom is -0.367 e. The minimum absolute atomic E-state index is 0.0670. The number of halogens is 2. The van der Waals surface area contributed by atoms with E-state index in [0.717, 1.165) is 36.4 Å². The summed E-state index contributed by atoms with van der Waals surface area (Å²) in [4.78, 5) is 11.7. The first kappa shape index (κ1) is 21.4. The molecule has 0 amide bonds. The molecule has 2 N–H and O–H groups in total. The van der Waals surface area contributed by atoms with Crippen molar-refractivity contribution in [2.45, 2.75) is 18.4 Å². The Bertz CT molecular complexity index is 1360. The lowest BCUT2D eigenvalue weighted by molar-refractivity contribution is 0.0950. The highest BCUT2D eigenvalue weighted by atomic mass is 35.5. The summed E-state index contributed by atoms with van der Waals surface area (Å²) in [7, 11) is 1.66. The number of benzene rings is 1. The lowest BCUT2D eigenvalue weighted by Gasteiger charge is -2.34. The number of epoxide rings is 1. The topological polar surface area (TPSA) is 91.5 Å². The van der Waals surface area contributed by atoms with E-state index >= 15 is 0 Å². The van der Waals surface area contributed by atoms with Gasteiger partial charge in [-0.2, -0.15) is 5.10 Å². The standard InChI is InChI=1S/C24H22ClFN6O2/c1-33-24-23(34-24)21-12-32(7-6-27-21)14-9-20-19(28-10-14)5-4-18(30-20)16-11-29-31-22(16)15-8-13(25)2-3-17(15)26/h2-5,8-11,21,23-24,27H,6-7,12H2,1H3,(H,29,31)/t21-,23?,24?/m1/s1. The van der Waals surface area contributed by atoms with Gasteiger partial charge in [0.1, 0.15) is 11.9 Å². The average molecular weight is 481 g/mol. The molecule has 1 aromatic carbocycles. The molecule has 0 aliphatic carbocycles. The first-order chi connectivity index (χ1) is 16.6. The fourth-order valence-electron chi connectivity index (χ4n) is 4.51. The number of aromatic nitrogens is 4. The summed E-state index contributed by atoms with van der Waals surface area (Å²) < 4.78 is 25.4. The van der Waals surface area contributed by atoms with Gasteiger partial charge >= 0.3 is 0 Å². The van der Waals surface area contributed by atoms with Crippen LogP contribution < -0.4 is 10.2 Å². The van der Waals surface area contributed by atoms with Gasteiger partial charge in [0.15, 0.2) is 6.29 Å². The molecule has 0 spiro atoms. The average Bonchev–Trinajstić information content (AvgIpc) is 3.51. The molecule has 5 heterocycles. The van der Waals surface area contributed by atoms with Crippen molar-refractivity contribution in [3.05, 3.63) is 59.6 Å². The van der Waals surface area contributed by atoms with Crippen LogP contribution in [0.1, 0.15) is 0 Å². The van der Waals surface area contributed by atoms with Crippen LogP contribution in [0.15, 0.2) is 48.8 Å². The molecular weight excluding hydrogens is 459 g/mol. The van der Waals surface area contributed by atoms with E-state index in [1.807, 2.05) is 24.4 Å². The van der Waals surface area contributed by atoms with E-state index in [2.05, 4.69) is 25.4 Å². The Morgan fingerprint density at radius 1 is 1.15 bits per heavy atom. The number of hydrogen-bond donors (Lipinski definition) is 2. The lowest BCUT2D eigenvalue weighted by Crippen LogP contribution is -2.53. The summed E-state index contributed by atoms with van der Waals surface area (Å²) in [6, 6.07) is 10.4. The zero-order valence-electron chi connectivity index (χ0n) is 18.3. The van der Waals surface area contributed by atoms with Crippen LogP contribution in [0, 0.1) is 5.82 Å². The molecule has 2 aliphatic heterocycles. The summed E-state index contributed by atoms with van der Waals surface area (Å²) in [6.07, 6.45) is 3.45. The predicted octanol–water partition coefficient (Wildman–Crippen LogP) is 3.63. The maximum atomic E-state index is 14.5. The molecule has 174 valence electrons. The first-order valence-corrected chi connectivity index (χ1v) is 11.4. The van der Waals surface area contributed by atoms with E-state index in [-0.39, 0.29) is 24.3 Å². The van der Waals surface area contributed by atoms with Crippen molar-refractivity contribution in [2.75, 3.05) is 31.6 Å².